The zero-order valence-electron chi connectivity index (χ0n) is 10.5. The number of benzene rings is 1. The quantitative estimate of drug-likeness (QED) is 0.869. The van der Waals surface area contributed by atoms with Crippen molar-refractivity contribution in [3.05, 3.63) is 34.9 Å². The summed E-state index contributed by atoms with van der Waals surface area (Å²) in [5.41, 5.74) is 4.86. The number of alkyl halides is 1. The van der Waals surface area contributed by atoms with E-state index < -0.39 is 35.4 Å². The van der Waals surface area contributed by atoms with Crippen LogP contribution in [0.2, 0.25) is 0 Å². The number of nitrogens with two attached hydrogens (primary N) is 1. The third kappa shape index (κ3) is 3.84. The molecule has 0 aromatic heterocycles. The van der Waals surface area contributed by atoms with Crippen LogP contribution in [-0.4, -0.2) is 18.7 Å². The van der Waals surface area contributed by atoms with Crippen molar-refractivity contribution in [2.45, 2.75) is 26.1 Å². The molecule has 0 amide bonds. The van der Waals surface area contributed by atoms with Crippen LogP contribution in [0.1, 0.15) is 24.1 Å². The number of rotatable bonds is 4. The van der Waals surface area contributed by atoms with Gasteiger partial charge in [-0.3, -0.25) is 0 Å². The molecule has 0 saturated carbocycles. The van der Waals surface area contributed by atoms with E-state index in [2.05, 4.69) is 4.74 Å². The van der Waals surface area contributed by atoms with Gasteiger partial charge in [0.15, 0.2) is 0 Å². The summed E-state index contributed by atoms with van der Waals surface area (Å²) < 4.78 is 45.2. The number of ether oxygens (including phenoxy) is 1. The largest absolute Gasteiger partial charge is 0.464 e. The van der Waals surface area contributed by atoms with Gasteiger partial charge in [-0.1, -0.05) is 6.07 Å². The molecule has 0 aliphatic carbocycles. The topological polar surface area (TPSA) is 52.3 Å². The molecule has 108 valence electrons. The third-order valence-corrected chi connectivity index (χ3v) is 2.48. The van der Waals surface area contributed by atoms with Crippen LogP contribution in [-0.2, 0) is 9.53 Å². The van der Waals surface area contributed by atoms with E-state index in [4.69, 9.17) is 5.73 Å². The van der Waals surface area contributed by atoms with Crippen LogP contribution in [0, 0.1) is 18.6 Å². The van der Waals surface area contributed by atoms with E-state index in [1.165, 1.54) is 19.9 Å². The molecule has 1 aromatic rings. The molecule has 2 N–H and O–H groups in total. The average Bonchev–Trinajstić information content (AvgIpc) is 2.33. The molecule has 0 aliphatic heterocycles. The number of hydrogen-bond acceptors (Lipinski definition) is 3. The molecule has 1 aromatic carbocycles. The number of hydrogen-bond donors (Lipinski definition) is 1. The summed E-state index contributed by atoms with van der Waals surface area (Å²) in [5.74, 6) is -3.17. The van der Waals surface area contributed by atoms with Gasteiger partial charge in [0.1, 0.15) is 11.6 Å². The number of carbonyl (C=O) groups excluding carboxylic acids is 1. The van der Waals surface area contributed by atoms with Crippen LogP contribution in [0.4, 0.5) is 13.2 Å². The summed E-state index contributed by atoms with van der Waals surface area (Å²) in [7, 11) is 0. The molecule has 1 rings (SSSR count). The summed E-state index contributed by atoms with van der Waals surface area (Å²) in [6.07, 6.45) is -2.31. The lowest BCUT2D eigenvalue weighted by Gasteiger charge is -2.17. The van der Waals surface area contributed by atoms with Crippen molar-refractivity contribution in [2.24, 2.45) is 5.73 Å². The third-order valence-electron chi connectivity index (χ3n) is 2.48. The van der Waals surface area contributed by atoms with E-state index >= 15 is 0 Å². The number of halogens is 4. The molecule has 0 heterocycles. The highest BCUT2D eigenvalue weighted by molar-refractivity contribution is 5.85. The number of esters is 1. The average molecular weight is 298 g/mol. The van der Waals surface area contributed by atoms with Crippen molar-refractivity contribution < 1.29 is 22.7 Å². The van der Waals surface area contributed by atoms with Crippen molar-refractivity contribution >= 4 is 18.4 Å². The normalized spacial score (nSPS) is 13.4. The van der Waals surface area contributed by atoms with E-state index in [9.17, 15) is 18.0 Å². The lowest BCUT2D eigenvalue weighted by Crippen LogP contribution is -2.33. The molecular formula is C12H15ClF3NO2. The van der Waals surface area contributed by atoms with Gasteiger partial charge in [-0.05, 0) is 25.5 Å². The second kappa shape index (κ2) is 7.35. The maximum absolute atomic E-state index is 13.7. The lowest BCUT2D eigenvalue weighted by atomic mass is 9.99. The van der Waals surface area contributed by atoms with Gasteiger partial charge in [0.05, 0.1) is 12.6 Å². The smallest absolute Gasteiger partial charge is 0.342 e. The first-order chi connectivity index (χ1) is 8.40. The lowest BCUT2D eigenvalue weighted by molar-refractivity contribution is -0.150. The molecule has 0 radical (unpaired) electrons. The van der Waals surface area contributed by atoms with Crippen LogP contribution in [0.5, 0.6) is 0 Å². The predicted molar refractivity (Wildman–Crippen MR) is 66.8 cm³/mol. The fraction of sp³-hybridized carbons (Fsp3) is 0.417. The van der Waals surface area contributed by atoms with Crippen LogP contribution in [0.25, 0.3) is 0 Å². The van der Waals surface area contributed by atoms with E-state index in [-0.39, 0.29) is 24.6 Å². The van der Waals surface area contributed by atoms with Crippen molar-refractivity contribution in [1.29, 1.82) is 0 Å². The molecular weight excluding hydrogens is 283 g/mol. The SMILES string of the molecule is CCOC(=O)C(F)[C@@H](N)c1c(F)ccc(C)c1F.Cl. The Morgan fingerprint density at radius 1 is 1.42 bits per heavy atom. The highest BCUT2D eigenvalue weighted by atomic mass is 35.5. The summed E-state index contributed by atoms with van der Waals surface area (Å²) in [4.78, 5) is 11.1. The van der Waals surface area contributed by atoms with Gasteiger partial charge in [-0.25, -0.2) is 18.0 Å². The standard InChI is InChI=1S/C12H14F3NO2.ClH/c1-3-18-12(17)10(15)11(16)8-7(13)5-4-6(2)9(8)14;/h4-5,10-11H,3,16H2,1-2H3;1H/t10?,11-;/m0./s1. The van der Waals surface area contributed by atoms with Crippen LogP contribution in [0.15, 0.2) is 12.1 Å². The molecule has 0 aliphatic rings. The Hall–Kier alpha value is -1.27. The van der Waals surface area contributed by atoms with Crippen molar-refractivity contribution in [3.63, 3.8) is 0 Å². The molecule has 3 nitrogen and oxygen atoms in total. The minimum atomic E-state index is -2.31. The number of carbonyl (C=O) groups is 1. The van der Waals surface area contributed by atoms with Crippen LogP contribution >= 0.6 is 12.4 Å². The van der Waals surface area contributed by atoms with Gasteiger partial charge in [-0.15, -0.1) is 12.4 Å². The zero-order chi connectivity index (χ0) is 13.9. The first kappa shape index (κ1) is 17.7. The van der Waals surface area contributed by atoms with Gasteiger partial charge in [0.25, 0.3) is 0 Å². The summed E-state index contributed by atoms with van der Waals surface area (Å²) in [5, 5.41) is 0. The van der Waals surface area contributed by atoms with Gasteiger partial charge < -0.3 is 10.5 Å². The molecule has 0 spiro atoms. The van der Waals surface area contributed by atoms with Crippen molar-refractivity contribution in [2.75, 3.05) is 6.61 Å². The Labute approximate surface area is 115 Å². The van der Waals surface area contributed by atoms with E-state index in [0.717, 1.165) is 6.07 Å². The Morgan fingerprint density at radius 2 is 2.00 bits per heavy atom. The minimum Gasteiger partial charge on any atom is -0.464 e. The second-order valence-corrected chi connectivity index (χ2v) is 3.77. The van der Waals surface area contributed by atoms with E-state index in [1.54, 1.807) is 0 Å². The fourth-order valence-corrected chi connectivity index (χ4v) is 1.50. The maximum Gasteiger partial charge on any atom is 0.342 e. The molecule has 1 unspecified atom stereocenters. The fourth-order valence-electron chi connectivity index (χ4n) is 1.50. The Kier molecular flexibility index (Phi) is 6.86. The van der Waals surface area contributed by atoms with E-state index in [0.29, 0.717) is 0 Å². The number of aryl methyl sites for hydroxylation is 1. The van der Waals surface area contributed by atoms with Crippen LogP contribution in [0.3, 0.4) is 0 Å². The van der Waals surface area contributed by atoms with Gasteiger partial charge >= 0.3 is 5.97 Å². The Morgan fingerprint density at radius 3 is 2.53 bits per heavy atom. The molecule has 0 fully saturated rings. The van der Waals surface area contributed by atoms with Gasteiger partial charge in [0, 0.05) is 5.56 Å². The van der Waals surface area contributed by atoms with Gasteiger partial charge in [-0.2, -0.15) is 0 Å². The van der Waals surface area contributed by atoms with Gasteiger partial charge in [0.2, 0.25) is 6.17 Å². The molecule has 0 saturated heterocycles. The monoisotopic (exact) mass is 297 g/mol. The molecule has 2 atom stereocenters. The van der Waals surface area contributed by atoms with E-state index in [1.807, 2.05) is 0 Å². The highest BCUT2D eigenvalue weighted by Crippen LogP contribution is 2.25. The maximum atomic E-state index is 13.7. The second-order valence-electron chi connectivity index (χ2n) is 3.77. The van der Waals surface area contributed by atoms with Crippen molar-refractivity contribution in [3.8, 4) is 0 Å². The minimum absolute atomic E-state index is 0. The molecule has 19 heavy (non-hydrogen) atoms. The van der Waals surface area contributed by atoms with Crippen molar-refractivity contribution in [1.82, 2.24) is 0 Å². The first-order valence-corrected chi connectivity index (χ1v) is 5.40. The van der Waals surface area contributed by atoms with Crippen LogP contribution < -0.4 is 5.73 Å². The Bertz CT molecular complexity index is 457. The summed E-state index contributed by atoms with van der Waals surface area (Å²) >= 11 is 0. The first-order valence-electron chi connectivity index (χ1n) is 5.40. The predicted octanol–water partition coefficient (Wildman–Crippen LogP) is 2.60. The zero-order valence-corrected chi connectivity index (χ0v) is 11.3. The highest BCUT2D eigenvalue weighted by Gasteiger charge is 2.32. The summed E-state index contributed by atoms with van der Waals surface area (Å²) in [6.45, 7) is 2.84. The molecule has 7 heteroatoms. The molecule has 0 bridgehead atoms. The Balaban J connectivity index is 0.00000324. The summed E-state index contributed by atoms with van der Waals surface area (Å²) in [6, 6.07) is 0.452.